The predicted octanol–water partition coefficient (Wildman–Crippen LogP) is 4.38. The van der Waals surface area contributed by atoms with Crippen molar-refractivity contribution in [2.24, 2.45) is 0 Å². The molecule has 5 rings (SSSR count). The van der Waals surface area contributed by atoms with Crippen molar-refractivity contribution >= 4 is 46.6 Å². The molecule has 160 valence electrons. The third kappa shape index (κ3) is 3.25. The highest BCUT2D eigenvalue weighted by atomic mass is 16.5. The Balaban J connectivity index is 1.51. The van der Waals surface area contributed by atoms with Gasteiger partial charge in [0.05, 0.1) is 11.3 Å². The van der Waals surface area contributed by atoms with E-state index in [0.717, 1.165) is 4.90 Å². The lowest BCUT2D eigenvalue weighted by molar-refractivity contribution is -0.122. The average Bonchev–Trinajstić information content (AvgIpc) is 3.45. The van der Waals surface area contributed by atoms with Gasteiger partial charge in [0.1, 0.15) is 11.5 Å². The Bertz CT molecular complexity index is 1440. The van der Waals surface area contributed by atoms with Gasteiger partial charge in [-0.15, -0.1) is 0 Å². The van der Waals surface area contributed by atoms with Crippen LogP contribution in [-0.4, -0.2) is 17.6 Å². The number of hydrogen-bond donors (Lipinski definition) is 0. The first kappa shape index (κ1) is 20.2. The summed E-state index contributed by atoms with van der Waals surface area (Å²) in [5.74, 6) is -0.315. The van der Waals surface area contributed by atoms with E-state index in [-0.39, 0.29) is 11.7 Å². The van der Waals surface area contributed by atoms with Crippen LogP contribution in [0.5, 0.6) is 0 Å². The third-order valence-corrected chi connectivity index (χ3v) is 5.61. The molecule has 3 aromatic rings. The number of imide groups is 1. The van der Waals surface area contributed by atoms with Gasteiger partial charge in [0.25, 0.3) is 12.2 Å². The van der Waals surface area contributed by atoms with Gasteiger partial charge in [-0.25, -0.2) is 4.90 Å². The Labute approximate surface area is 188 Å². The zero-order valence-electron chi connectivity index (χ0n) is 17.4. The van der Waals surface area contributed by atoms with Gasteiger partial charge in [0.15, 0.2) is 0 Å². The number of fused-ring (bicyclic) bond motifs is 2. The Kier molecular flexibility index (Phi) is 4.76. The molecule has 0 fully saturated rings. The van der Waals surface area contributed by atoms with Crippen molar-refractivity contribution in [3.05, 3.63) is 88.9 Å². The standard InChI is InChI=1S/C26H16N2O5/c1-15(29)28-23-9-5-4-7-19(23)22(26(28)31)13-17-11-10-16(33-17)12-21-18-6-2-3-8-20(18)25(24(21)30)32-14-27/h2-13,25H,1H3/b21-12+,22-13+. The molecule has 0 N–H and O–H groups in total. The van der Waals surface area contributed by atoms with Gasteiger partial charge < -0.3 is 9.15 Å². The van der Waals surface area contributed by atoms with Crippen molar-refractivity contribution in [2.45, 2.75) is 13.0 Å². The molecule has 1 aliphatic heterocycles. The summed E-state index contributed by atoms with van der Waals surface area (Å²) in [7, 11) is 0. The van der Waals surface area contributed by atoms with E-state index in [0.29, 0.717) is 45.0 Å². The molecule has 0 saturated carbocycles. The molecular weight excluding hydrogens is 420 g/mol. The van der Waals surface area contributed by atoms with Crippen LogP contribution in [-0.2, 0) is 19.1 Å². The molecule has 33 heavy (non-hydrogen) atoms. The maximum absolute atomic E-state index is 12.9. The van der Waals surface area contributed by atoms with Crippen molar-refractivity contribution in [2.75, 3.05) is 4.90 Å². The first-order valence-corrected chi connectivity index (χ1v) is 10.2. The van der Waals surface area contributed by atoms with E-state index in [9.17, 15) is 14.4 Å². The Morgan fingerprint density at radius 1 is 0.970 bits per heavy atom. The van der Waals surface area contributed by atoms with Gasteiger partial charge in [-0.1, -0.05) is 42.5 Å². The smallest absolute Gasteiger partial charge is 0.287 e. The molecule has 0 bridgehead atoms. The maximum atomic E-state index is 12.9. The summed E-state index contributed by atoms with van der Waals surface area (Å²) in [5, 5.41) is 8.91. The molecule has 0 saturated heterocycles. The fraction of sp³-hybridized carbons (Fsp3) is 0.0769. The van der Waals surface area contributed by atoms with E-state index in [1.807, 2.05) is 0 Å². The van der Waals surface area contributed by atoms with Crippen LogP contribution in [0.4, 0.5) is 5.69 Å². The fourth-order valence-corrected chi connectivity index (χ4v) is 4.21. The van der Waals surface area contributed by atoms with Gasteiger partial charge in [-0.2, -0.15) is 5.26 Å². The lowest BCUT2D eigenvalue weighted by atomic mass is 10.1. The molecule has 2 amide bonds. The monoisotopic (exact) mass is 436 g/mol. The maximum Gasteiger partial charge on any atom is 0.287 e. The minimum absolute atomic E-state index is 0.328. The van der Waals surface area contributed by atoms with Crippen LogP contribution >= 0.6 is 0 Å². The normalized spacial score (nSPS) is 19.0. The lowest BCUT2D eigenvalue weighted by Crippen LogP contribution is -2.30. The summed E-state index contributed by atoms with van der Waals surface area (Å²) in [5.41, 5.74) is 3.21. The molecule has 1 unspecified atom stereocenters. The number of carbonyl (C=O) groups excluding carboxylic acids is 3. The second-order valence-corrected chi connectivity index (χ2v) is 7.57. The fourth-order valence-electron chi connectivity index (χ4n) is 4.21. The minimum Gasteiger partial charge on any atom is -0.457 e. The quantitative estimate of drug-likeness (QED) is 0.446. The van der Waals surface area contributed by atoms with Crippen LogP contribution in [0.25, 0.3) is 23.3 Å². The molecule has 1 aliphatic carbocycles. The highest BCUT2D eigenvalue weighted by Crippen LogP contribution is 2.40. The Hall–Kier alpha value is -4.70. The highest BCUT2D eigenvalue weighted by Gasteiger charge is 2.37. The van der Waals surface area contributed by atoms with Crippen molar-refractivity contribution < 1.29 is 23.5 Å². The van der Waals surface area contributed by atoms with E-state index in [2.05, 4.69) is 0 Å². The zero-order valence-corrected chi connectivity index (χ0v) is 17.4. The lowest BCUT2D eigenvalue weighted by Gasteiger charge is -2.11. The number of nitriles is 1. The molecule has 7 nitrogen and oxygen atoms in total. The van der Waals surface area contributed by atoms with Gasteiger partial charge in [-0.3, -0.25) is 14.4 Å². The van der Waals surface area contributed by atoms with Gasteiger partial charge in [0.2, 0.25) is 17.8 Å². The van der Waals surface area contributed by atoms with E-state index in [1.165, 1.54) is 6.92 Å². The summed E-state index contributed by atoms with van der Waals surface area (Å²) in [4.78, 5) is 38.9. The molecule has 2 heterocycles. The predicted molar refractivity (Wildman–Crippen MR) is 120 cm³/mol. The van der Waals surface area contributed by atoms with Crippen LogP contribution in [0.1, 0.15) is 41.2 Å². The van der Waals surface area contributed by atoms with Crippen LogP contribution in [0, 0.1) is 11.5 Å². The molecule has 2 aromatic carbocycles. The number of amides is 2. The molecule has 7 heteroatoms. The SMILES string of the molecule is CC(=O)N1C(=O)/C(=C/c2ccc(/C=C3/C(=O)C(OC#N)c4ccccc43)o2)c2ccccc21. The first-order chi connectivity index (χ1) is 16.0. The second kappa shape index (κ2) is 7.77. The number of anilines is 1. The zero-order chi connectivity index (χ0) is 23.1. The average molecular weight is 436 g/mol. The highest BCUT2D eigenvalue weighted by molar-refractivity contribution is 6.41. The molecule has 0 radical (unpaired) electrons. The molecule has 2 aliphatic rings. The molecular formula is C26H16N2O5. The number of furan rings is 1. The Morgan fingerprint density at radius 3 is 2.30 bits per heavy atom. The van der Waals surface area contributed by atoms with E-state index >= 15 is 0 Å². The number of ketones is 1. The summed E-state index contributed by atoms with van der Waals surface area (Å²) >= 11 is 0. The van der Waals surface area contributed by atoms with Gasteiger partial charge in [0, 0.05) is 23.6 Å². The number of rotatable bonds is 3. The largest absolute Gasteiger partial charge is 0.457 e. The van der Waals surface area contributed by atoms with Crippen LogP contribution in [0.2, 0.25) is 0 Å². The van der Waals surface area contributed by atoms with E-state index in [4.69, 9.17) is 14.4 Å². The van der Waals surface area contributed by atoms with Crippen molar-refractivity contribution in [3.63, 3.8) is 0 Å². The van der Waals surface area contributed by atoms with Crippen molar-refractivity contribution in [1.29, 1.82) is 5.26 Å². The second-order valence-electron chi connectivity index (χ2n) is 7.57. The number of carbonyl (C=O) groups is 3. The summed E-state index contributed by atoms with van der Waals surface area (Å²) in [6, 6.07) is 17.5. The third-order valence-electron chi connectivity index (χ3n) is 5.61. The van der Waals surface area contributed by atoms with Gasteiger partial charge >= 0.3 is 0 Å². The van der Waals surface area contributed by atoms with Crippen LogP contribution in [0.3, 0.4) is 0 Å². The number of hydrogen-bond acceptors (Lipinski definition) is 6. The van der Waals surface area contributed by atoms with E-state index < -0.39 is 12.0 Å². The number of para-hydroxylation sites is 1. The number of benzene rings is 2. The number of Topliss-reactive ketones (excluding diaryl/α,β-unsaturated/α-hetero) is 1. The number of nitrogens with zero attached hydrogens (tertiary/aromatic N) is 2. The minimum atomic E-state index is -0.973. The summed E-state index contributed by atoms with van der Waals surface area (Å²) in [6.07, 6.45) is 3.80. The molecule has 1 atom stereocenters. The van der Waals surface area contributed by atoms with Crippen LogP contribution < -0.4 is 4.90 Å². The Morgan fingerprint density at radius 2 is 1.61 bits per heavy atom. The van der Waals surface area contributed by atoms with E-state index in [1.54, 1.807) is 79.1 Å². The topological polar surface area (TPSA) is 101 Å². The van der Waals surface area contributed by atoms with Crippen LogP contribution in [0.15, 0.2) is 65.1 Å². The first-order valence-electron chi connectivity index (χ1n) is 10.2. The molecule has 0 spiro atoms. The summed E-state index contributed by atoms with van der Waals surface area (Å²) < 4.78 is 10.8. The van der Waals surface area contributed by atoms with Crippen molar-refractivity contribution in [1.82, 2.24) is 0 Å². The molecule has 1 aromatic heterocycles. The van der Waals surface area contributed by atoms with Crippen molar-refractivity contribution in [3.8, 4) is 6.26 Å². The summed E-state index contributed by atoms with van der Waals surface area (Å²) in [6.45, 7) is 1.34. The van der Waals surface area contributed by atoms with Gasteiger partial charge in [-0.05, 0) is 35.9 Å². The number of ether oxygens (including phenoxy) is 1.